The summed E-state index contributed by atoms with van der Waals surface area (Å²) in [6.07, 6.45) is -1.42. The summed E-state index contributed by atoms with van der Waals surface area (Å²) in [7, 11) is 8.42. The Morgan fingerprint density at radius 2 is 1.61 bits per heavy atom. The van der Waals surface area contributed by atoms with Crippen molar-refractivity contribution in [3.05, 3.63) is 41.0 Å². The average molecular weight is 529 g/mol. The lowest BCUT2D eigenvalue weighted by molar-refractivity contribution is -0.144. The van der Waals surface area contributed by atoms with E-state index in [-0.39, 0.29) is 42.5 Å². The van der Waals surface area contributed by atoms with Gasteiger partial charge in [0.25, 0.3) is 0 Å². The fourth-order valence-electron chi connectivity index (χ4n) is 5.41. The van der Waals surface area contributed by atoms with Gasteiger partial charge in [-0.1, -0.05) is 0 Å². The first-order valence-electron chi connectivity index (χ1n) is 12.3. The van der Waals surface area contributed by atoms with Crippen LogP contribution in [0.2, 0.25) is 0 Å². The first kappa shape index (κ1) is 25.8. The second-order valence-electron chi connectivity index (χ2n) is 9.93. The van der Waals surface area contributed by atoms with E-state index in [4.69, 9.17) is 28.4 Å². The highest BCUT2D eigenvalue weighted by atomic mass is 16.7. The number of esters is 1. The Balaban J connectivity index is 1.62. The minimum absolute atomic E-state index is 0.0658. The van der Waals surface area contributed by atoms with Crippen LogP contribution in [0.5, 0.6) is 28.7 Å². The van der Waals surface area contributed by atoms with E-state index < -0.39 is 24.1 Å². The van der Waals surface area contributed by atoms with Gasteiger partial charge in [0.15, 0.2) is 23.0 Å². The van der Waals surface area contributed by atoms with Crippen molar-refractivity contribution < 1.29 is 43.1 Å². The van der Waals surface area contributed by atoms with Crippen LogP contribution < -0.4 is 18.9 Å². The van der Waals surface area contributed by atoms with E-state index in [0.29, 0.717) is 30.2 Å². The van der Waals surface area contributed by atoms with Crippen LogP contribution in [0.4, 0.5) is 4.79 Å². The molecule has 2 aliphatic heterocycles. The van der Waals surface area contributed by atoms with Gasteiger partial charge in [-0.05, 0) is 49.5 Å². The number of nitrogens with zero attached hydrogens (tertiary/aromatic N) is 2. The Morgan fingerprint density at radius 1 is 0.974 bits per heavy atom. The van der Waals surface area contributed by atoms with E-state index >= 15 is 0 Å². The molecule has 204 valence electrons. The van der Waals surface area contributed by atoms with Gasteiger partial charge in [-0.3, -0.25) is 4.79 Å². The summed E-state index contributed by atoms with van der Waals surface area (Å²) in [5.41, 5.74) is 2.19. The number of phenols is 1. The number of phenolic OH excluding ortho intramolecular Hbond substituents is 1. The van der Waals surface area contributed by atoms with Crippen LogP contribution in [0.25, 0.3) is 0 Å². The van der Waals surface area contributed by atoms with Crippen LogP contribution in [0.1, 0.15) is 28.7 Å². The number of ether oxygens (including phenoxy) is 6. The molecule has 2 heterocycles. The smallest absolute Gasteiger partial charge is 0.410 e. The van der Waals surface area contributed by atoms with Crippen molar-refractivity contribution in [2.45, 2.75) is 12.0 Å². The van der Waals surface area contributed by atoms with Gasteiger partial charge in [-0.25, -0.2) is 4.79 Å². The zero-order chi connectivity index (χ0) is 27.1. The van der Waals surface area contributed by atoms with Crippen molar-refractivity contribution in [1.82, 2.24) is 9.80 Å². The summed E-state index contributed by atoms with van der Waals surface area (Å²) in [6, 6.07) is 7.08. The average Bonchev–Trinajstić information content (AvgIpc) is 3.52. The van der Waals surface area contributed by atoms with E-state index in [1.807, 2.05) is 25.1 Å². The molecule has 0 bridgehead atoms. The molecule has 3 aliphatic rings. The number of cyclic esters (lactones) is 1. The SMILES string of the molecule is COc1cc([C@@H]2c3cc4c(cc3[C@@H](OC(=O)N(C)CCN(C)C)[C@H]3C(=O)OC[C@H]23)OCO4)cc(OC)c1O. The highest BCUT2D eigenvalue weighted by Crippen LogP contribution is 2.56. The van der Waals surface area contributed by atoms with Crippen LogP contribution in [0.15, 0.2) is 24.3 Å². The topological polar surface area (TPSA) is 116 Å². The Morgan fingerprint density at radius 3 is 2.21 bits per heavy atom. The summed E-state index contributed by atoms with van der Waals surface area (Å²) in [6.45, 7) is 1.32. The maximum Gasteiger partial charge on any atom is 0.410 e. The molecule has 38 heavy (non-hydrogen) atoms. The number of hydrogen-bond donors (Lipinski definition) is 1. The Bertz CT molecular complexity index is 1220. The molecule has 1 fully saturated rings. The number of benzene rings is 2. The molecule has 5 rings (SSSR count). The lowest BCUT2D eigenvalue weighted by Gasteiger charge is -2.39. The minimum Gasteiger partial charge on any atom is -0.502 e. The van der Waals surface area contributed by atoms with Crippen molar-refractivity contribution in [3.8, 4) is 28.7 Å². The summed E-state index contributed by atoms with van der Waals surface area (Å²) in [5, 5.41) is 10.5. The number of rotatable bonds is 7. The van der Waals surface area contributed by atoms with Gasteiger partial charge in [0.05, 0.1) is 20.8 Å². The molecule has 1 amide bonds. The zero-order valence-corrected chi connectivity index (χ0v) is 22.1. The lowest BCUT2D eigenvalue weighted by Crippen LogP contribution is -2.40. The molecule has 0 radical (unpaired) electrons. The van der Waals surface area contributed by atoms with E-state index in [1.165, 1.54) is 19.1 Å². The van der Waals surface area contributed by atoms with Crippen molar-refractivity contribution in [2.24, 2.45) is 11.8 Å². The molecule has 11 heteroatoms. The molecular formula is C27H32N2O9. The van der Waals surface area contributed by atoms with E-state index in [0.717, 1.165) is 11.1 Å². The molecular weight excluding hydrogens is 496 g/mol. The largest absolute Gasteiger partial charge is 0.502 e. The van der Waals surface area contributed by atoms with Gasteiger partial charge in [0.2, 0.25) is 12.5 Å². The van der Waals surface area contributed by atoms with Crippen molar-refractivity contribution >= 4 is 12.1 Å². The maximum absolute atomic E-state index is 13.1. The van der Waals surface area contributed by atoms with E-state index in [1.54, 1.807) is 25.2 Å². The summed E-state index contributed by atoms with van der Waals surface area (Å²) in [4.78, 5) is 29.7. The Hall–Kier alpha value is -3.86. The van der Waals surface area contributed by atoms with Gasteiger partial charge in [0.1, 0.15) is 12.0 Å². The van der Waals surface area contributed by atoms with Crippen molar-refractivity contribution in [1.29, 1.82) is 0 Å². The fraction of sp³-hybridized carbons (Fsp3) is 0.481. The quantitative estimate of drug-likeness (QED) is 0.538. The zero-order valence-electron chi connectivity index (χ0n) is 22.1. The summed E-state index contributed by atoms with van der Waals surface area (Å²) in [5.74, 6) is -0.500. The molecule has 0 aromatic heterocycles. The van der Waals surface area contributed by atoms with Crippen LogP contribution >= 0.6 is 0 Å². The fourth-order valence-corrected chi connectivity index (χ4v) is 5.41. The molecule has 1 N–H and O–H groups in total. The Labute approximate surface area is 220 Å². The number of amides is 1. The third-order valence-corrected chi connectivity index (χ3v) is 7.41. The molecule has 0 unspecified atom stereocenters. The van der Waals surface area contributed by atoms with Gasteiger partial charge in [-0.2, -0.15) is 0 Å². The predicted octanol–water partition coefficient (Wildman–Crippen LogP) is 2.74. The number of likely N-dealkylation sites (N-methyl/N-ethyl adjacent to an activating group) is 2. The highest BCUT2D eigenvalue weighted by molar-refractivity contribution is 5.79. The molecule has 2 aromatic carbocycles. The van der Waals surface area contributed by atoms with E-state index in [9.17, 15) is 14.7 Å². The van der Waals surface area contributed by atoms with Crippen molar-refractivity contribution in [3.63, 3.8) is 0 Å². The molecule has 2 aromatic rings. The second kappa shape index (κ2) is 10.1. The number of hydrogen-bond acceptors (Lipinski definition) is 10. The van der Waals surface area contributed by atoms with Crippen LogP contribution in [-0.2, 0) is 14.3 Å². The summed E-state index contributed by atoms with van der Waals surface area (Å²) >= 11 is 0. The Kier molecular flexibility index (Phi) is 6.87. The maximum atomic E-state index is 13.1. The van der Waals surface area contributed by atoms with Gasteiger partial charge in [-0.15, -0.1) is 0 Å². The van der Waals surface area contributed by atoms with Crippen LogP contribution in [-0.4, -0.2) is 88.8 Å². The molecule has 0 spiro atoms. The highest BCUT2D eigenvalue weighted by Gasteiger charge is 2.54. The number of carbonyl (C=O) groups is 2. The minimum atomic E-state index is -0.883. The normalized spacial score (nSPS) is 22.9. The standard InChI is InChI=1S/C27H32N2O9/c1-28(2)6-7-29(3)27(32)38-25-16-11-19-18(36-13-37-19)10-15(16)22(17-12-35-26(31)23(17)25)14-8-20(33-4)24(30)21(9-14)34-5/h8-11,17,22-23,25,30H,6-7,12-13H2,1-5H3/t17-,22-,23+,25-/m1/s1. The van der Waals surface area contributed by atoms with Gasteiger partial charge in [0, 0.05) is 37.5 Å². The molecule has 1 aliphatic carbocycles. The van der Waals surface area contributed by atoms with Crippen molar-refractivity contribution in [2.75, 3.05) is 61.9 Å². The van der Waals surface area contributed by atoms with Crippen LogP contribution in [0.3, 0.4) is 0 Å². The van der Waals surface area contributed by atoms with Gasteiger partial charge >= 0.3 is 12.1 Å². The number of fused-ring (bicyclic) bond motifs is 3. The number of carbonyl (C=O) groups excluding carboxylic acids is 2. The number of methoxy groups -OCH3 is 2. The van der Waals surface area contributed by atoms with Crippen LogP contribution in [0, 0.1) is 11.8 Å². The second-order valence-corrected chi connectivity index (χ2v) is 9.93. The molecule has 11 nitrogen and oxygen atoms in total. The predicted molar refractivity (Wildman–Crippen MR) is 134 cm³/mol. The molecule has 0 saturated carbocycles. The van der Waals surface area contributed by atoms with E-state index in [2.05, 4.69) is 0 Å². The third-order valence-electron chi connectivity index (χ3n) is 7.41. The molecule has 4 atom stereocenters. The monoisotopic (exact) mass is 528 g/mol. The first-order valence-corrected chi connectivity index (χ1v) is 12.3. The first-order chi connectivity index (χ1) is 18.2. The third kappa shape index (κ3) is 4.40. The lowest BCUT2D eigenvalue weighted by atomic mass is 9.66. The van der Waals surface area contributed by atoms with Gasteiger partial charge < -0.3 is 43.3 Å². The number of aromatic hydroxyl groups is 1. The summed E-state index contributed by atoms with van der Waals surface area (Å²) < 4.78 is 33.7. The molecule has 1 saturated heterocycles.